The summed E-state index contributed by atoms with van der Waals surface area (Å²) in [7, 11) is 0. The molecular formula is C7H5N7O3S. The molecule has 0 aliphatic heterocycles. The van der Waals surface area contributed by atoms with Crippen LogP contribution in [0.15, 0.2) is 4.63 Å². The fourth-order valence-corrected chi connectivity index (χ4v) is 1.67. The molecular weight excluding hydrogens is 262 g/mol. The van der Waals surface area contributed by atoms with Crippen LogP contribution in [0.1, 0.15) is 16.2 Å². The minimum atomic E-state index is -1.26. The van der Waals surface area contributed by atoms with E-state index >= 15 is 0 Å². The van der Waals surface area contributed by atoms with E-state index in [9.17, 15) is 4.79 Å². The maximum atomic E-state index is 11.0. The molecule has 0 saturated carbocycles. The van der Waals surface area contributed by atoms with Gasteiger partial charge in [-0.1, -0.05) is 5.21 Å². The van der Waals surface area contributed by atoms with Crippen LogP contribution in [0.5, 0.6) is 0 Å². The average molecular weight is 267 g/mol. The van der Waals surface area contributed by atoms with Crippen LogP contribution in [0, 0.1) is 10.7 Å². The number of rotatable bonds is 4. The van der Waals surface area contributed by atoms with Gasteiger partial charge in [0.1, 0.15) is 5.40 Å². The molecule has 0 saturated heterocycles. The van der Waals surface area contributed by atoms with Crippen LogP contribution < -0.4 is 5.73 Å². The van der Waals surface area contributed by atoms with E-state index in [1.165, 1.54) is 0 Å². The lowest BCUT2D eigenvalue weighted by molar-refractivity contribution is 0.0689. The normalized spacial score (nSPS) is 10.2. The molecule has 0 atom stereocenters. The molecule has 3 N–H and O–H groups in total. The van der Waals surface area contributed by atoms with Crippen molar-refractivity contribution in [1.82, 2.24) is 25.3 Å². The second-order valence-corrected chi connectivity index (χ2v) is 3.71. The Morgan fingerprint density at radius 1 is 1.61 bits per heavy atom. The number of hydrogen-bond donors (Lipinski definition) is 2. The number of anilines is 1. The van der Waals surface area contributed by atoms with Crippen molar-refractivity contribution in [2.45, 2.75) is 5.75 Å². The largest absolute Gasteiger partial charge is 0.476 e. The number of carboxylic acid groups (broad SMARTS) is 1. The van der Waals surface area contributed by atoms with E-state index in [0.717, 1.165) is 16.4 Å². The molecule has 10 nitrogen and oxygen atoms in total. The van der Waals surface area contributed by atoms with Crippen LogP contribution in [0.2, 0.25) is 0 Å². The van der Waals surface area contributed by atoms with Crippen LogP contribution in [0.3, 0.4) is 0 Å². The Labute approximate surface area is 103 Å². The Balaban J connectivity index is 2.51. The molecule has 11 heteroatoms. The number of thioether (sulfide) groups is 1. The van der Waals surface area contributed by atoms with Gasteiger partial charge >= 0.3 is 5.97 Å². The monoisotopic (exact) mass is 267 g/mol. The summed E-state index contributed by atoms with van der Waals surface area (Å²) in [6.45, 7) is 0. The Kier molecular flexibility index (Phi) is 3.11. The lowest BCUT2D eigenvalue weighted by Crippen LogP contribution is -2.07. The van der Waals surface area contributed by atoms with Gasteiger partial charge in [-0.25, -0.2) is 9.42 Å². The minimum absolute atomic E-state index is 0.0311. The van der Waals surface area contributed by atoms with E-state index in [1.54, 1.807) is 0 Å². The Morgan fingerprint density at radius 2 is 2.39 bits per heavy atom. The second kappa shape index (κ2) is 4.72. The van der Waals surface area contributed by atoms with Crippen molar-refractivity contribution in [3.8, 4) is 11.2 Å². The van der Waals surface area contributed by atoms with Crippen molar-refractivity contribution in [2.24, 2.45) is 0 Å². The summed E-state index contributed by atoms with van der Waals surface area (Å²) in [6, 6.07) is 0. The van der Waals surface area contributed by atoms with Gasteiger partial charge in [0.15, 0.2) is 5.69 Å². The molecule has 0 aliphatic rings. The number of carboxylic acids is 1. The predicted molar refractivity (Wildman–Crippen MR) is 57.5 cm³/mol. The van der Waals surface area contributed by atoms with E-state index in [4.69, 9.17) is 16.1 Å². The van der Waals surface area contributed by atoms with E-state index in [-0.39, 0.29) is 28.8 Å². The fraction of sp³-hybridized carbons (Fsp3) is 0.143. The summed E-state index contributed by atoms with van der Waals surface area (Å²) < 4.78 is 5.48. The Hall–Kier alpha value is -2.61. The average Bonchev–Trinajstić information content (AvgIpc) is 2.91. The number of nitrogens with zero attached hydrogens (tertiary/aromatic N) is 6. The third-order valence-corrected chi connectivity index (χ3v) is 2.48. The fourth-order valence-electron chi connectivity index (χ4n) is 1.21. The molecule has 2 aromatic rings. The third-order valence-electron chi connectivity index (χ3n) is 1.94. The zero-order chi connectivity index (χ0) is 13.1. The summed E-state index contributed by atoms with van der Waals surface area (Å²) in [4.78, 5) is 11.0. The van der Waals surface area contributed by atoms with Crippen molar-refractivity contribution in [2.75, 3.05) is 5.73 Å². The summed E-state index contributed by atoms with van der Waals surface area (Å²) in [6.07, 6.45) is 0. The van der Waals surface area contributed by atoms with Gasteiger partial charge in [0.2, 0.25) is 11.6 Å². The van der Waals surface area contributed by atoms with Crippen molar-refractivity contribution in [3.05, 3.63) is 11.4 Å². The quantitative estimate of drug-likeness (QED) is 0.701. The number of carbonyl (C=O) groups is 1. The second-order valence-electron chi connectivity index (χ2n) is 2.95. The molecule has 0 radical (unpaired) electrons. The highest BCUT2D eigenvalue weighted by Crippen LogP contribution is 2.19. The van der Waals surface area contributed by atoms with Crippen molar-refractivity contribution < 1.29 is 14.5 Å². The van der Waals surface area contributed by atoms with Gasteiger partial charge in [-0.15, -0.1) is 5.10 Å². The first-order valence-electron chi connectivity index (χ1n) is 4.42. The van der Waals surface area contributed by atoms with Crippen molar-refractivity contribution >= 4 is 23.5 Å². The van der Waals surface area contributed by atoms with Crippen LogP contribution in [-0.4, -0.2) is 36.4 Å². The van der Waals surface area contributed by atoms with Crippen LogP contribution in [-0.2, 0) is 5.75 Å². The number of aromatic carboxylic acids is 1. The van der Waals surface area contributed by atoms with E-state index < -0.39 is 5.97 Å². The first-order chi connectivity index (χ1) is 8.65. The van der Waals surface area contributed by atoms with E-state index in [2.05, 4.69) is 25.3 Å². The zero-order valence-corrected chi connectivity index (χ0v) is 9.46. The maximum Gasteiger partial charge on any atom is 0.358 e. The molecule has 0 aromatic carbocycles. The third kappa shape index (κ3) is 1.96. The topological polar surface area (TPSA) is 157 Å². The highest BCUT2D eigenvalue weighted by atomic mass is 32.2. The molecule has 0 bridgehead atoms. The molecule has 2 rings (SSSR count). The highest BCUT2D eigenvalue weighted by Gasteiger charge is 2.23. The molecule has 0 amide bonds. The van der Waals surface area contributed by atoms with Gasteiger partial charge in [-0.05, 0) is 22.1 Å². The number of nitrogens with two attached hydrogens (primary N) is 1. The molecule has 0 unspecified atom stereocenters. The summed E-state index contributed by atoms with van der Waals surface area (Å²) in [5.74, 6) is -1.22. The van der Waals surface area contributed by atoms with Crippen LogP contribution in [0.25, 0.3) is 5.82 Å². The maximum absolute atomic E-state index is 11.0. The molecule has 2 aromatic heterocycles. The van der Waals surface area contributed by atoms with Crippen LogP contribution >= 0.6 is 11.8 Å². The van der Waals surface area contributed by atoms with E-state index in [0.29, 0.717) is 0 Å². The van der Waals surface area contributed by atoms with Crippen LogP contribution in [0.4, 0.5) is 5.82 Å². The molecule has 0 fully saturated rings. The first-order valence-corrected chi connectivity index (χ1v) is 5.41. The van der Waals surface area contributed by atoms with Gasteiger partial charge in [-0.3, -0.25) is 0 Å². The van der Waals surface area contributed by atoms with Gasteiger partial charge in [0.05, 0.1) is 11.4 Å². The molecule has 18 heavy (non-hydrogen) atoms. The number of aromatic nitrogens is 5. The zero-order valence-electron chi connectivity index (χ0n) is 8.64. The Bertz CT molecular complexity index is 627. The number of nitriles is 1. The number of nitrogen functional groups attached to an aromatic ring is 1. The molecule has 0 aliphatic carbocycles. The predicted octanol–water partition coefficient (Wildman–Crippen LogP) is -0.355. The molecule has 92 valence electrons. The highest BCUT2D eigenvalue weighted by molar-refractivity contribution is 8.02. The standard InChI is InChI=1S/C7H5N7O3S/c8-2-18-1-3-4(7(15)16)10-13-14(3)6-5(9)11-17-12-6/h1H2,(H2,9,11)(H,15,16). The van der Waals surface area contributed by atoms with Gasteiger partial charge in [0.25, 0.3) is 0 Å². The lowest BCUT2D eigenvalue weighted by Gasteiger charge is -2.00. The smallest absolute Gasteiger partial charge is 0.358 e. The Morgan fingerprint density at radius 3 is 2.94 bits per heavy atom. The lowest BCUT2D eigenvalue weighted by atomic mass is 10.3. The number of hydrogen-bond acceptors (Lipinski definition) is 9. The summed E-state index contributed by atoms with van der Waals surface area (Å²) >= 11 is 0.836. The van der Waals surface area contributed by atoms with E-state index in [1.807, 2.05) is 5.40 Å². The van der Waals surface area contributed by atoms with Crippen molar-refractivity contribution in [3.63, 3.8) is 0 Å². The van der Waals surface area contributed by atoms with Gasteiger partial charge < -0.3 is 10.8 Å². The minimum Gasteiger partial charge on any atom is -0.476 e. The van der Waals surface area contributed by atoms with Crippen molar-refractivity contribution in [1.29, 1.82) is 5.26 Å². The molecule has 2 heterocycles. The first kappa shape index (κ1) is 11.9. The number of thiocyanates is 1. The molecule has 0 spiro atoms. The SMILES string of the molecule is N#CSCc1c(C(=O)O)nnn1-c1nonc1N. The summed E-state index contributed by atoms with van der Waals surface area (Å²) in [5, 5.41) is 33.2. The van der Waals surface area contributed by atoms with Gasteiger partial charge in [0, 0.05) is 0 Å². The summed E-state index contributed by atoms with van der Waals surface area (Å²) in [5.41, 5.74) is 5.38. The van der Waals surface area contributed by atoms with Gasteiger partial charge in [-0.2, -0.15) is 9.94 Å².